The fraction of sp³-hybridized carbons (Fsp3) is 0.375. The predicted molar refractivity (Wildman–Crippen MR) is 53.5 cm³/mol. The second-order valence-corrected chi connectivity index (χ2v) is 4.04. The van der Waals surface area contributed by atoms with Gasteiger partial charge < -0.3 is 4.74 Å². The topological polar surface area (TPSA) is 22.1 Å². The Morgan fingerprint density at radius 2 is 1.72 bits per heavy atom. The number of aromatic nitrogens is 1. The van der Waals surface area contributed by atoms with E-state index in [1.54, 1.807) is 0 Å². The van der Waals surface area contributed by atoms with E-state index in [-0.39, 0.29) is 0 Å². The van der Waals surface area contributed by atoms with Gasteiger partial charge >= 0.3 is 12.5 Å². The first-order valence-corrected chi connectivity index (χ1v) is 5.21. The third-order valence-corrected chi connectivity index (χ3v) is 2.80. The van der Waals surface area contributed by atoms with E-state index in [9.17, 15) is 30.7 Å². The van der Waals surface area contributed by atoms with Gasteiger partial charge in [0.05, 0.1) is 3.57 Å². The Bertz CT molecular complexity index is 442. The van der Waals surface area contributed by atoms with Crippen LogP contribution in [0.4, 0.5) is 30.7 Å². The molecule has 0 saturated carbocycles. The van der Waals surface area contributed by atoms with E-state index in [1.165, 1.54) is 22.6 Å². The average Bonchev–Trinajstić information content (AvgIpc) is 2.17. The molecule has 1 aromatic heterocycles. The number of hydrogen-bond donors (Lipinski definition) is 0. The van der Waals surface area contributed by atoms with Crippen LogP contribution in [0.3, 0.4) is 0 Å². The van der Waals surface area contributed by atoms with Crippen molar-refractivity contribution in [2.24, 2.45) is 0 Å². The molecule has 0 unspecified atom stereocenters. The van der Waals surface area contributed by atoms with Crippen LogP contribution >= 0.6 is 22.6 Å². The summed E-state index contributed by atoms with van der Waals surface area (Å²) >= 11 is 1.23. The van der Waals surface area contributed by atoms with Crippen LogP contribution < -0.4 is 4.74 Å². The number of pyridine rings is 1. The van der Waals surface area contributed by atoms with Crippen LogP contribution in [-0.4, -0.2) is 11.3 Å². The van der Waals surface area contributed by atoms with Crippen LogP contribution in [0.5, 0.6) is 5.88 Å². The van der Waals surface area contributed by atoms with Gasteiger partial charge in [-0.15, -0.1) is 13.2 Å². The fourth-order valence-corrected chi connectivity index (χ4v) is 1.51. The third-order valence-electron chi connectivity index (χ3n) is 1.65. The first-order chi connectivity index (χ1) is 8.04. The molecular formula is C8H3F7INO. The standard InChI is InChI=1S/C8H3F7INO/c9-2-3-1-4(7(10,11)12)17-6(5(3)16)18-8(13,14)15/h1H,2H2. The summed E-state index contributed by atoms with van der Waals surface area (Å²) in [7, 11) is 0. The summed E-state index contributed by atoms with van der Waals surface area (Å²) in [5.41, 5.74) is -2.22. The highest BCUT2D eigenvalue weighted by atomic mass is 127. The normalized spacial score (nSPS) is 12.7. The minimum Gasteiger partial charge on any atom is -0.387 e. The van der Waals surface area contributed by atoms with E-state index < -0.39 is 39.9 Å². The number of ether oxygens (including phenoxy) is 1. The molecule has 0 N–H and O–H groups in total. The van der Waals surface area contributed by atoms with Crippen molar-refractivity contribution in [3.8, 4) is 5.88 Å². The van der Waals surface area contributed by atoms with Crippen LogP contribution in [-0.2, 0) is 12.9 Å². The molecule has 102 valence electrons. The maximum atomic E-state index is 12.4. The molecule has 0 fully saturated rings. The predicted octanol–water partition coefficient (Wildman–Crippen LogP) is 4.07. The summed E-state index contributed by atoms with van der Waals surface area (Å²) in [6.07, 6.45) is -10.2. The smallest absolute Gasteiger partial charge is 0.387 e. The number of halogens is 8. The second-order valence-electron chi connectivity index (χ2n) is 2.96. The first kappa shape index (κ1) is 15.2. The summed E-state index contributed by atoms with van der Waals surface area (Å²) in [5, 5.41) is 0. The van der Waals surface area contributed by atoms with Crippen LogP contribution in [0.15, 0.2) is 6.07 Å². The zero-order chi connectivity index (χ0) is 14.1. The Labute approximate surface area is 109 Å². The molecule has 0 radical (unpaired) electrons. The lowest BCUT2D eigenvalue weighted by Gasteiger charge is -2.14. The van der Waals surface area contributed by atoms with Crippen LogP contribution in [0.25, 0.3) is 0 Å². The molecule has 0 bridgehead atoms. The number of nitrogens with zero attached hydrogens (tertiary/aromatic N) is 1. The van der Waals surface area contributed by atoms with Crippen molar-refractivity contribution >= 4 is 22.6 Å². The van der Waals surface area contributed by atoms with Gasteiger partial charge in [-0.1, -0.05) is 0 Å². The molecule has 0 spiro atoms. The van der Waals surface area contributed by atoms with Crippen molar-refractivity contribution < 1.29 is 35.5 Å². The lowest BCUT2D eigenvalue weighted by Crippen LogP contribution is -2.20. The van der Waals surface area contributed by atoms with E-state index in [0.717, 1.165) is 0 Å². The van der Waals surface area contributed by atoms with Crippen molar-refractivity contribution in [1.29, 1.82) is 0 Å². The quantitative estimate of drug-likeness (QED) is 0.562. The van der Waals surface area contributed by atoms with Crippen LogP contribution in [0.1, 0.15) is 11.3 Å². The maximum Gasteiger partial charge on any atom is 0.574 e. The van der Waals surface area contributed by atoms with E-state index in [1.807, 2.05) is 0 Å². The Morgan fingerprint density at radius 1 is 1.17 bits per heavy atom. The highest BCUT2D eigenvalue weighted by molar-refractivity contribution is 14.1. The number of alkyl halides is 7. The molecule has 0 aromatic carbocycles. The van der Waals surface area contributed by atoms with Crippen molar-refractivity contribution in [2.45, 2.75) is 19.2 Å². The molecule has 18 heavy (non-hydrogen) atoms. The molecule has 2 nitrogen and oxygen atoms in total. The maximum absolute atomic E-state index is 12.4. The monoisotopic (exact) mass is 389 g/mol. The molecule has 1 rings (SSSR count). The molecule has 0 aliphatic carbocycles. The van der Waals surface area contributed by atoms with Crippen molar-refractivity contribution in [3.63, 3.8) is 0 Å². The minimum atomic E-state index is -5.20. The third kappa shape index (κ3) is 3.85. The Morgan fingerprint density at radius 3 is 2.11 bits per heavy atom. The van der Waals surface area contributed by atoms with E-state index in [4.69, 9.17) is 0 Å². The van der Waals surface area contributed by atoms with Gasteiger partial charge in [0.2, 0.25) is 5.88 Å². The molecule has 1 heterocycles. The summed E-state index contributed by atoms with van der Waals surface area (Å²) in [6.45, 7) is -1.36. The molecule has 0 aliphatic heterocycles. The van der Waals surface area contributed by atoms with E-state index in [2.05, 4.69) is 9.72 Å². The van der Waals surface area contributed by atoms with Crippen LogP contribution in [0.2, 0.25) is 0 Å². The van der Waals surface area contributed by atoms with Crippen molar-refractivity contribution in [2.75, 3.05) is 0 Å². The molecule has 0 amide bonds. The van der Waals surface area contributed by atoms with E-state index in [0.29, 0.717) is 6.07 Å². The zero-order valence-electron chi connectivity index (χ0n) is 8.16. The molecule has 10 heteroatoms. The lowest BCUT2D eigenvalue weighted by atomic mass is 10.2. The Kier molecular flexibility index (Phi) is 4.28. The van der Waals surface area contributed by atoms with Gasteiger partial charge in [0.1, 0.15) is 12.4 Å². The largest absolute Gasteiger partial charge is 0.574 e. The van der Waals surface area contributed by atoms with Crippen molar-refractivity contribution in [3.05, 3.63) is 20.9 Å². The summed E-state index contributed by atoms with van der Waals surface area (Å²) < 4.78 is 88.1. The highest BCUT2D eigenvalue weighted by Gasteiger charge is 2.37. The number of hydrogen-bond acceptors (Lipinski definition) is 2. The molecule has 0 aliphatic rings. The van der Waals surface area contributed by atoms with Gasteiger partial charge in [0, 0.05) is 5.56 Å². The van der Waals surface area contributed by atoms with Gasteiger partial charge in [-0.3, -0.25) is 0 Å². The average molecular weight is 389 g/mol. The van der Waals surface area contributed by atoms with Gasteiger partial charge in [0.15, 0.2) is 0 Å². The summed E-state index contributed by atoms with van der Waals surface area (Å²) in [5.74, 6) is -1.31. The van der Waals surface area contributed by atoms with Gasteiger partial charge in [0.25, 0.3) is 0 Å². The zero-order valence-corrected chi connectivity index (χ0v) is 10.3. The van der Waals surface area contributed by atoms with E-state index >= 15 is 0 Å². The molecule has 0 saturated heterocycles. The fourth-order valence-electron chi connectivity index (χ4n) is 0.976. The van der Waals surface area contributed by atoms with Crippen molar-refractivity contribution in [1.82, 2.24) is 4.98 Å². The summed E-state index contributed by atoms with van der Waals surface area (Å²) in [4.78, 5) is 2.70. The highest BCUT2D eigenvalue weighted by Crippen LogP contribution is 2.35. The van der Waals surface area contributed by atoms with Gasteiger partial charge in [-0.25, -0.2) is 9.37 Å². The SMILES string of the molecule is FCc1cc(C(F)(F)F)nc(OC(F)(F)F)c1I. The molecule has 0 atom stereocenters. The number of rotatable bonds is 2. The van der Waals surface area contributed by atoms with Gasteiger partial charge in [-0.2, -0.15) is 13.2 Å². The molecular weight excluding hydrogens is 386 g/mol. The summed E-state index contributed by atoms with van der Waals surface area (Å²) in [6, 6.07) is 0.338. The second kappa shape index (κ2) is 5.05. The minimum absolute atomic E-state index is 0.338. The Balaban J connectivity index is 3.32. The Hall–Kier alpha value is -0.810. The van der Waals surface area contributed by atoms with Crippen LogP contribution in [0, 0.1) is 3.57 Å². The first-order valence-electron chi connectivity index (χ1n) is 4.13. The lowest BCUT2D eigenvalue weighted by molar-refractivity contribution is -0.276. The van der Waals surface area contributed by atoms with Gasteiger partial charge in [-0.05, 0) is 28.7 Å². The molecule has 1 aromatic rings.